The lowest BCUT2D eigenvalue weighted by atomic mass is 10.2. The molecular weight excluding hydrogens is 407 g/mol. The molecule has 1 atom stereocenters. The molecule has 0 saturated carbocycles. The molecule has 0 aromatic heterocycles. The molecule has 0 bridgehead atoms. The maximum Gasteiger partial charge on any atom is 0.340 e. The number of nitro groups is 1. The summed E-state index contributed by atoms with van der Waals surface area (Å²) in [6, 6.07) is 7.80. The average Bonchev–Trinajstić information content (AvgIpc) is 2.57. The van der Waals surface area contributed by atoms with Crippen LogP contribution >= 0.6 is 34.8 Å². The van der Waals surface area contributed by atoms with E-state index in [1.54, 1.807) is 0 Å². The molecule has 0 aliphatic carbocycles. The smallest absolute Gasteiger partial charge is 0.340 e. The number of esters is 1. The minimum Gasteiger partial charge on any atom is -0.449 e. The highest BCUT2D eigenvalue weighted by molar-refractivity contribution is 6.36. The van der Waals surface area contributed by atoms with Crippen LogP contribution in [0, 0.1) is 10.1 Å². The summed E-state index contributed by atoms with van der Waals surface area (Å²) in [4.78, 5) is 34.4. The highest BCUT2D eigenvalue weighted by atomic mass is 35.5. The van der Waals surface area contributed by atoms with Crippen LogP contribution in [-0.4, -0.2) is 22.9 Å². The first-order valence-corrected chi connectivity index (χ1v) is 8.23. The first kappa shape index (κ1) is 20.0. The molecule has 0 radical (unpaired) electrons. The molecule has 0 fully saturated rings. The minimum atomic E-state index is -1.20. The molecule has 0 aliphatic rings. The molecule has 10 heteroatoms. The standard InChI is InChI=1S/C16H11Cl3N2O5/c1-8(15(22)20-14-5-2-9(17)6-13(14)19)26-16(23)11-7-10(21(24)25)3-4-12(11)18/h2-8H,1H3,(H,20,22). The third-order valence-electron chi connectivity index (χ3n) is 3.22. The number of halogens is 3. The van der Waals surface area contributed by atoms with E-state index in [1.807, 2.05) is 0 Å². The number of nitrogens with one attached hydrogen (secondary N) is 1. The van der Waals surface area contributed by atoms with E-state index < -0.39 is 22.9 Å². The SMILES string of the molecule is CC(OC(=O)c1cc([N+](=O)[O-])ccc1Cl)C(=O)Nc1ccc(Cl)cc1Cl. The van der Waals surface area contributed by atoms with Gasteiger partial charge >= 0.3 is 5.97 Å². The molecule has 1 amide bonds. The second-order valence-corrected chi connectivity index (χ2v) is 6.33. The van der Waals surface area contributed by atoms with Gasteiger partial charge in [-0.05, 0) is 31.2 Å². The summed E-state index contributed by atoms with van der Waals surface area (Å²) >= 11 is 17.6. The van der Waals surface area contributed by atoms with Crippen LogP contribution in [0.4, 0.5) is 11.4 Å². The molecule has 1 N–H and O–H groups in total. The second kappa shape index (κ2) is 8.35. The molecule has 0 aliphatic heterocycles. The summed E-state index contributed by atoms with van der Waals surface area (Å²) in [5.41, 5.74) is -0.256. The van der Waals surface area contributed by atoms with Crippen molar-refractivity contribution in [3.63, 3.8) is 0 Å². The van der Waals surface area contributed by atoms with Gasteiger partial charge in [-0.3, -0.25) is 14.9 Å². The fourth-order valence-corrected chi connectivity index (χ4v) is 2.54. The van der Waals surface area contributed by atoms with Gasteiger partial charge in [-0.1, -0.05) is 34.8 Å². The summed E-state index contributed by atoms with van der Waals surface area (Å²) < 4.78 is 5.02. The highest BCUT2D eigenvalue weighted by Gasteiger charge is 2.23. The Morgan fingerprint density at radius 1 is 1.12 bits per heavy atom. The van der Waals surface area contributed by atoms with Gasteiger partial charge in [0.15, 0.2) is 6.10 Å². The normalized spacial score (nSPS) is 11.5. The fraction of sp³-hybridized carbons (Fsp3) is 0.125. The predicted octanol–water partition coefficient (Wildman–Crippen LogP) is 4.74. The quantitative estimate of drug-likeness (QED) is 0.430. The number of amides is 1. The largest absolute Gasteiger partial charge is 0.449 e. The lowest BCUT2D eigenvalue weighted by Gasteiger charge is -2.14. The van der Waals surface area contributed by atoms with Crippen LogP contribution in [0.15, 0.2) is 36.4 Å². The minimum absolute atomic E-state index is 0.0334. The van der Waals surface area contributed by atoms with E-state index in [0.29, 0.717) is 5.02 Å². The first-order chi connectivity index (χ1) is 12.2. The number of hydrogen-bond donors (Lipinski definition) is 1. The Morgan fingerprint density at radius 2 is 1.81 bits per heavy atom. The van der Waals surface area contributed by atoms with Crippen molar-refractivity contribution in [2.45, 2.75) is 13.0 Å². The number of ether oxygens (including phenoxy) is 1. The van der Waals surface area contributed by atoms with Crippen LogP contribution in [0.3, 0.4) is 0 Å². The van der Waals surface area contributed by atoms with Crippen LogP contribution in [0.5, 0.6) is 0 Å². The van der Waals surface area contributed by atoms with Crippen LogP contribution in [-0.2, 0) is 9.53 Å². The van der Waals surface area contributed by atoms with Gasteiger partial charge in [0.05, 0.1) is 26.2 Å². The molecule has 2 aromatic rings. The van der Waals surface area contributed by atoms with E-state index in [4.69, 9.17) is 39.5 Å². The lowest BCUT2D eigenvalue weighted by Crippen LogP contribution is -2.30. The van der Waals surface area contributed by atoms with Gasteiger partial charge in [0.25, 0.3) is 11.6 Å². The third kappa shape index (κ3) is 4.85. The second-order valence-electron chi connectivity index (χ2n) is 5.08. The van der Waals surface area contributed by atoms with E-state index in [9.17, 15) is 19.7 Å². The Labute approximate surface area is 162 Å². The van der Waals surface area contributed by atoms with Gasteiger partial charge in [0.2, 0.25) is 0 Å². The molecule has 2 aromatic carbocycles. The monoisotopic (exact) mass is 416 g/mol. The molecule has 26 heavy (non-hydrogen) atoms. The first-order valence-electron chi connectivity index (χ1n) is 7.10. The van der Waals surface area contributed by atoms with Crippen LogP contribution in [0.25, 0.3) is 0 Å². The molecule has 136 valence electrons. The molecule has 1 unspecified atom stereocenters. The Hall–Kier alpha value is -2.35. The Bertz CT molecular complexity index is 888. The maximum atomic E-state index is 12.2. The Balaban J connectivity index is 2.10. The summed E-state index contributed by atoms with van der Waals surface area (Å²) in [6.07, 6.45) is -1.20. The number of hydrogen-bond acceptors (Lipinski definition) is 5. The third-order valence-corrected chi connectivity index (χ3v) is 4.10. The van der Waals surface area contributed by atoms with Gasteiger partial charge in [-0.15, -0.1) is 0 Å². The van der Waals surface area contributed by atoms with Crippen molar-refractivity contribution in [1.29, 1.82) is 0 Å². The molecule has 0 heterocycles. The maximum absolute atomic E-state index is 12.2. The lowest BCUT2D eigenvalue weighted by molar-refractivity contribution is -0.384. The van der Waals surface area contributed by atoms with Gasteiger partial charge in [0, 0.05) is 17.2 Å². The highest BCUT2D eigenvalue weighted by Crippen LogP contribution is 2.26. The van der Waals surface area contributed by atoms with Crippen LogP contribution in [0.2, 0.25) is 15.1 Å². The van der Waals surface area contributed by atoms with E-state index >= 15 is 0 Å². The van der Waals surface area contributed by atoms with Crippen molar-refractivity contribution in [3.8, 4) is 0 Å². The topological polar surface area (TPSA) is 98.5 Å². The van der Waals surface area contributed by atoms with Gasteiger partial charge in [-0.25, -0.2) is 4.79 Å². The van der Waals surface area contributed by atoms with Gasteiger partial charge in [0.1, 0.15) is 0 Å². The van der Waals surface area contributed by atoms with Crippen molar-refractivity contribution >= 4 is 58.1 Å². The number of carbonyl (C=O) groups is 2. The number of nitro benzene ring substituents is 1. The molecular formula is C16H11Cl3N2O5. The number of anilines is 1. The summed E-state index contributed by atoms with van der Waals surface area (Å²) in [5, 5.41) is 13.9. The van der Waals surface area contributed by atoms with Gasteiger partial charge < -0.3 is 10.1 Å². The number of benzene rings is 2. The number of non-ortho nitro benzene ring substituents is 1. The van der Waals surface area contributed by atoms with Crippen molar-refractivity contribution in [2.24, 2.45) is 0 Å². The Morgan fingerprint density at radius 3 is 2.42 bits per heavy atom. The van der Waals surface area contributed by atoms with E-state index in [2.05, 4.69) is 5.32 Å². The van der Waals surface area contributed by atoms with Crippen molar-refractivity contribution < 1.29 is 19.2 Å². The van der Waals surface area contributed by atoms with E-state index in [-0.39, 0.29) is 27.0 Å². The molecule has 2 rings (SSSR count). The van der Waals surface area contributed by atoms with Crippen LogP contribution < -0.4 is 5.32 Å². The zero-order valence-corrected chi connectivity index (χ0v) is 15.4. The number of carbonyl (C=O) groups excluding carboxylic acids is 2. The van der Waals surface area contributed by atoms with E-state index in [0.717, 1.165) is 12.1 Å². The zero-order valence-electron chi connectivity index (χ0n) is 13.2. The van der Waals surface area contributed by atoms with E-state index in [1.165, 1.54) is 31.2 Å². The zero-order chi connectivity index (χ0) is 19.4. The number of rotatable bonds is 5. The molecule has 7 nitrogen and oxygen atoms in total. The molecule has 0 spiro atoms. The van der Waals surface area contributed by atoms with Crippen molar-refractivity contribution in [1.82, 2.24) is 0 Å². The van der Waals surface area contributed by atoms with Crippen LogP contribution in [0.1, 0.15) is 17.3 Å². The fourth-order valence-electron chi connectivity index (χ4n) is 1.89. The van der Waals surface area contributed by atoms with Crippen molar-refractivity contribution in [3.05, 3.63) is 67.1 Å². The summed E-state index contributed by atoms with van der Waals surface area (Å²) in [7, 11) is 0. The summed E-state index contributed by atoms with van der Waals surface area (Å²) in [6.45, 7) is 1.34. The van der Waals surface area contributed by atoms with Gasteiger partial charge in [-0.2, -0.15) is 0 Å². The predicted molar refractivity (Wildman–Crippen MR) is 98.1 cm³/mol. The Kier molecular flexibility index (Phi) is 6.42. The average molecular weight is 418 g/mol. The number of nitrogens with zero attached hydrogens (tertiary/aromatic N) is 1. The summed E-state index contributed by atoms with van der Waals surface area (Å²) in [5.74, 6) is -1.62. The van der Waals surface area contributed by atoms with Crippen molar-refractivity contribution in [2.75, 3.05) is 5.32 Å². The molecule has 0 saturated heterocycles.